The van der Waals surface area contributed by atoms with Gasteiger partial charge >= 0.3 is 12.1 Å². The first-order valence-corrected chi connectivity index (χ1v) is 11.1. The van der Waals surface area contributed by atoms with Crippen molar-refractivity contribution in [2.75, 3.05) is 36.0 Å². The minimum absolute atomic E-state index is 0.0447. The Labute approximate surface area is 192 Å². The van der Waals surface area contributed by atoms with E-state index >= 15 is 0 Å². The van der Waals surface area contributed by atoms with Gasteiger partial charge in [-0.25, -0.2) is 4.79 Å². The molecule has 9 heteroatoms. The maximum absolute atomic E-state index is 12.4. The summed E-state index contributed by atoms with van der Waals surface area (Å²) >= 11 is 0. The van der Waals surface area contributed by atoms with Crippen molar-refractivity contribution < 1.29 is 19.4 Å². The maximum Gasteiger partial charge on any atom is 0.414 e. The normalized spacial score (nSPS) is 18.9. The van der Waals surface area contributed by atoms with Crippen molar-refractivity contribution >= 4 is 29.3 Å². The molecule has 0 aliphatic carbocycles. The third-order valence-corrected chi connectivity index (χ3v) is 6.21. The molecule has 2 aliphatic heterocycles. The summed E-state index contributed by atoms with van der Waals surface area (Å²) in [4.78, 5) is 27.3. The number of nitrogen functional groups attached to an aromatic ring is 1. The first-order chi connectivity index (χ1) is 15.9. The summed E-state index contributed by atoms with van der Waals surface area (Å²) in [6.07, 6.45) is 0.683. The molecule has 1 amide bonds. The van der Waals surface area contributed by atoms with E-state index in [4.69, 9.17) is 21.0 Å². The summed E-state index contributed by atoms with van der Waals surface area (Å²) in [5.41, 5.74) is 9.04. The lowest BCUT2D eigenvalue weighted by molar-refractivity contribution is -0.142. The Hall–Kier alpha value is -3.59. The lowest BCUT2D eigenvalue weighted by Crippen LogP contribution is -2.36. The third kappa shape index (κ3) is 5.43. The van der Waals surface area contributed by atoms with Crippen LogP contribution in [0.3, 0.4) is 0 Å². The smallest absolute Gasteiger partial charge is 0.414 e. The molecule has 2 heterocycles. The van der Waals surface area contributed by atoms with Crippen LogP contribution in [0.15, 0.2) is 48.5 Å². The third-order valence-electron chi connectivity index (χ3n) is 6.21. The van der Waals surface area contributed by atoms with Crippen LogP contribution in [-0.2, 0) is 16.1 Å². The first-order valence-electron chi connectivity index (χ1n) is 11.1. The molecule has 1 atom stereocenters. The Morgan fingerprint density at radius 1 is 1.09 bits per heavy atom. The molecule has 4 rings (SSSR count). The monoisotopic (exact) mass is 451 g/mol. The predicted octanol–water partition coefficient (Wildman–Crippen LogP) is 2.39. The Morgan fingerprint density at radius 2 is 1.73 bits per heavy atom. The van der Waals surface area contributed by atoms with Crippen LogP contribution in [0.25, 0.3) is 0 Å². The van der Waals surface area contributed by atoms with E-state index in [1.54, 1.807) is 4.90 Å². The van der Waals surface area contributed by atoms with Crippen LogP contribution < -0.4 is 20.9 Å². The highest BCUT2D eigenvalue weighted by Crippen LogP contribution is 2.27. The number of amidine groups is 1. The van der Waals surface area contributed by atoms with Crippen molar-refractivity contribution in [2.45, 2.75) is 25.5 Å². The topological polar surface area (TPSA) is 132 Å². The highest BCUT2D eigenvalue weighted by molar-refractivity contribution is 5.94. The van der Waals surface area contributed by atoms with E-state index in [2.05, 4.69) is 10.2 Å². The van der Waals surface area contributed by atoms with Crippen LogP contribution in [0.1, 0.15) is 24.0 Å². The molecular formula is C24H29N5O4. The number of carboxylic acids is 1. The number of cyclic esters (lactones) is 1. The number of hydrogen-bond acceptors (Lipinski definition) is 6. The fraction of sp³-hybridized carbons (Fsp3) is 0.375. The van der Waals surface area contributed by atoms with E-state index < -0.39 is 5.97 Å². The van der Waals surface area contributed by atoms with Gasteiger partial charge in [-0.2, -0.15) is 0 Å². The number of piperidine rings is 1. The van der Waals surface area contributed by atoms with Crippen molar-refractivity contribution in [3.8, 4) is 0 Å². The van der Waals surface area contributed by atoms with E-state index in [1.165, 1.54) is 0 Å². The first kappa shape index (κ1) is 22.6. The number of amides is 1. The largest absolute Gasteiger partial charge is 0.481 e. The van der Waals surface area contributed by atoms with Crippen LogP contribution in [0, 0.1) is 11.3 Å². The SMILES string of the molecule is N=C(N)c1ccc(CNC[C@@H]2CN(c3ccc(N4CCC(C(=O)O)CC4)cc3)C(=O)O2)cc1. The van der Waals surface area contributed by atoms with Crippen molar-refractivity contribution in [2.24, 2.45) is 11.7 Å². The lowest BCUT2D eigenvalue weighted by Gasteiger charge is -2.32. The average molecular weight is 452 g/mol. The van der Waals surface area contributed by atoms with Gasteiger partial charge in [0.05, 0.1) is 12.5 Å². The number of nitrogens with zero attached hydrogens (tertiary/aromatic N) is 2. The Kier molecular flexibility index (Phi) is 6.79. The zero-order valence-electron chi connectivity index (χ0n) is 18.4. The molecule has 0 aromatic heterocycles. The highest BCUT2D eigenvalue weighted by atomic mass is 16.6. The minimum atomic E-state index is -0.715. The van der Waals surface area contributed by atoms with E-state index in [9.17, 15) is 9.59 Å². The van der Waals surface area contributed by atoms with Gasteiger partial charge < -0.3 is 25.8 Å². The molecule has 0 spiro atoms. The second kappa shape index (κ2) is 9.91. The second-order valence-electron chi connectivity index (χ2n) is 8.47. The van der Waals surface area contributed by atoms with Crippen molar-refractivity contribution in [1.82, 2.24) is 5.32 Å². The molecule has 33 heavy (non-hydrogen) atoms. The predicted molar refractivity (Wildman–Crippen MR) is 126 cm³/mol. The molecule has 174 valence electrons. The number of nitrogens with one attached hydrogen (secondary N) is 2. The number of rotatable bonds is 8. The summed E-state index contributed by atoms with van der Waals surface area (Å²) in [7, 11) is 0. The molecule has 0 saturated carbocycles. The van der Waals surface area contributed by atoms with Gasteiger partial charge in [0.15, 0.2) is 0 Å². The molecule has 2 aromatic carbocycles. The van der Waals surface area contributed by atoms with E-state index in [-0.39, 0.29) is 24.0 Å². The molecule has 0 unspecified atom stereocenters. The number of carbonyl (C=O) groups is 2. The summed E-state index contributed by atoms with van der Waals surface area (Å²) in [5, 5.41) is 19.9. The Bertz CT molecular complexity index is 1000. The van der Waals surface area contributed by atoms with Crippen LogP contribution >= 0.6 is 0 Å². The van der Waals surface area contributed by atoms with E-state index in [0.717, 1.165) is 16.9 Å². The number of anilines is 2. The maximum atomic E-state index is 12.4. The summed E-state index contributed by atoms with van der Waals surface area (Å²) in [6.45, 7) is 3.06. The molecule has 5 N–H and O–H groups in total. The minimum Gasteiger partial charge on any atom is -0.481 e. The van der Waals surface area contributed by atoms with Crippen LogP contribution in [0.2, 0.25) is 0 Å². The van der Waals surface area contributed by atoms with Gasteiger partial charge in [-0.1, -0.05) is 24.3 Å². The van der Waals surface area contributed by atoms with Gasteiger partial charge in [0.1, 0.15) is 11.9 Å². The molecule has 2 aromatic rings. The van der Waals surface area contributed by atoms with Crippen LogP contribution in [0.5, 0.6) is 0 Å². The highest BCUT2D eigenvalue weighted by Gasteiger charge is 2.32. The summed E-state index contributed by atoms with van der Waals surface area (Å²) in [5.74, 6) is -0.930. The molecule has 2 fully saturated rings. The zero-order valence-corrected chi connectivity index (χ0v) is 18.4. The van der Waals surface area contributed by atoms with Gasteiger partial charge in [0.25, 0.3) is 0 Å². The molecular weight excluding hydrogens is 422 g/mol. The van der Waals surface area contributed by atoms with Gasteiger partial charge in [0.2, 0.25) is 0 Å². The van der Waals surface area contributed by atoms with E-state index in [0.29, 0.717) is 51.1 Å². The number of ether oxygens (including phenoxy) is 1. The average Bonchev–Trinajstić information content (AvgIpc) is 3.20. The van der Waals surface area contributed by atoms with Crippen LogP contribution in [-0.4, -0.2) is 55.3 Å². The van der Waals surface area contributed by atoms with Crippen molar-refractivity contribution in [3.05, 3.63) is 59.7 Å². The number of carboxylic acid groups (broad SMARTS) is 1. The molecule has 9 nitrogen and oxygen atoms in total. The van der Waals surface area contributed by atoms with Crippen molar-refractivity contribution in [1.29, 1.82) is 5.41 Å². The summed E-state index contributed by atoms with van der Waals surface area (Å²) < 4.78 is 5.51. The standard InChI is InChI=1S/C24H29N5O4/c25-22(26)17-3-1-16(2-4-17)13-27-14-21-15-29(24(32)33-21)20-7-5-19(6-8-20)28-11-9-18(10-12-28)23(30)31/h1-8,18,21,27H,9-15H2,(H3,25,26)(H,30,31)/t21-/m1/s1. The van der Waals surface area contributed by atoms with Crippen molar-refractivity contribution in [3.63, 3.8) is 0 Å². The number of hydrogen-bond donors (Lipinski definition) is 4. The number of nitrogens with two attached hydrogens (primary N) is 1. The lowest BCUT2D eigenvalue weighted by atomic mass is 9.97. The van der Waals surface area contributed by atoms with Gasteiger partial charge in [0, 0.05) is 43.1 Å². The molecule has 2 saturated heterocycles. The summed E-state index contributed by atoms with van der Waals surface area (Å²) in [6, 6.07) is 15.2. The quantitative estimate of drug-likeness (QED) is 0.358. The fourth-order valence-electron chi connectivity index (χ4n) is 4.25. The van der Waals surface area contributed by atoms with Gasteiger partial charge in [-0.3, -0.25) is 15.1 Å². The van der Waals surface area contributed by atoms with E-state index in [1.807, 2.05) is 48.5 Å². The van der Waals surface area contributed by atoms with Gasteiger partial charge in [-0.15, -0.1) is 0 Å². The number of aliphatic carboxylic acids is 1. The Morgan fingerprint density at radius 3 is 2.33 bits per heavy atom. The molecule has 0 radical (unpaired) electrons. The van der Waals surface area contributed by atoms with Crippen LogP contribution in [0.4, 0.5) is 16.2 Å². The van der Waals surface area contributed by atoms with Gasteiger partial charge in [-0.05, 0) is 42.7 Å². The Balaban J connectivity index is 1.26. The fourth-order valence-corrected chi connectivity index (χ4v) is 4.25. The molecule has 0 bridgehead atoms. The number of benzene rings is 2. The number of carbonyl (C=O) groups excluding carboxylic acids is 1. The molecule has 2 aliphatic rings. The second-order valence-corrected chi connectivity index (χ2v) is 8.47. The zero-order chi connectivity index (χ0) is 23.4.